The molecule has 8 heteroatoms. The van der Waals surface area contributed by atoms with E-state index in [1.165, 1.54) is 22.1 Å². The summed E-state index contributed by atoms with van der Waals surface area (Å²) < 4.78 is 13.5. The fourth-order valence-corrected chi connectivity index (χ4v) is 3.84. The van der Waals surface area contributed by atoms with Crippen molar-refractivity contribution in [2.45, 2.75) is 25.7 Å². The molecule has 0 spiro atoms. The smallest absolute Gasteiger partial charge is 0.306 e. The molecule has 0 bridgehead atoms. The van der Waals surface area contributed by atoms with E-state index >= 15 is 0 Å². The standard InChI is InChI=1S/C20H18FN3O4/c21-17-7-6-16(10-18(17)24(27)28)23-11-14(9-19(23)25)20(26)22-15-5-4-12-2-1-3-13(12)8-15/h4-8,10,14H,1-3,9,11H2,(H,22,26). The molecular formula is C20H18FN3O4. The summed E-state index contributed by atoms with van der Waals surface area (Å²) in [6.07, 6.45) is 3.17. The lowest BCUT2D eigenvalue weighted by molar-refractivity contribution is -0.387. The first kappa shape index (κ1) is 18.1. The lowest BCUT2D eigenvalue weighted by atomic mass is 10.1. The second-order valence-corrected chi connectivity index (χ2v) is 7.12. The summed E-state index contributed by atoms with van der Waals surface area (Å²) in [4.78, 5) is 36.3. The van der Waals surface area contributed by atoms with Crippen LogP contribution >= 0.6 is 0 Å². The summed E-state index contributed by atoms with van der Waals surface area (Å²) in [6, 6.07) is 9.13. The third-order valence-electron chi connectivity index (χ3n) is 5.30. The van der Waals surface area contributed by atoms with Gasteiger partial charge in [-0.3, -0.25) is 19.7 Å². The quantitative estimate of drug-likeness (QED) is 0.648. The fraction of sp³-hybridized carbons (Fsp3) is 0.300. The van der Waals surface area contributed by atoms with E-state index in [2.05, 4.69) is 5.32 Å². The molecule has 1 unspecified atom stereocenters. The van der Waals surface area contributed by atoms with Gasteiger partial charge >= 0.3 is 5.69 Å². The molecule has 0 radical (unpaired) electrons. The molecule has 1 N–H and O–H groups in total. The Balaban J connectivity index is 1.48. The highest BCUT2D eigenvalue weighted by Crippen LogP contribution is 2.30. The van der Waals surface area contributed by atoms with Gasteiger partial charge in [0.25, 0.3) is 0 Å². The van der Waals surface area contributed by atoms with E-state index in [1.807, 2.05) is 18.2 Å². The topological polar surface area (TPSA) is 92.6 Å². The van der Waals surface area contributed by atoms with Crippen molar-refractivity contribution < 1.29 is 18.9 Å². The summed E-state index contributed by atoms with van der Waals surface area (Å²) >= 11 is 0. The minimum Gasteiger partial charge on any atom is -0.326 e. The minimum atomic E-state index is -0.966. The summed E-state index contributed by atoms with van der Waals surface area (Å²) in [5.74, 6) is -2.14. The number of hydrogen-bond acceptors (Lipinski definition) is 4. The largest absolute Gasteiger partial charge is 0.326 e. The Morgan fingerprint density at radius 1 is 1.18 bits per heavy atom. The van der Waals surface area contributed by atoms with E-state index in [4.69, 9.17) is 0 Å². The van der Waals surface area contributed by atoms with Crippen LogP contribution in [0.3, 0.4) is 0 Å². The Kier molecular flexibility index (Phi) is 4.54. The van der Waals surface area contributed by atoms with E-state index in [-0.39, 0.29) is 30.5 Å². The molecule has 4 rings (SSSR count). The first-order valence-corrected chi connectivity index (χ1v) is 9.09. The van der Waals surface area contributed by atoms with Crippen molar-refractivity contribution in [3.63, 3.8) is 0 Å². The molecule has 28 heavy (non-hydrogen) atoms. The van der Waals surface area contributed by atoms with Gasteiger partial charge in [-0.2, -0.15) is 4.39 Å². The number of carbonyl (C=O) groups excluding carboxylic acids is 2. The molecule has 0 saturated carbocycles. The van der Waals surface area contributed by atoms with Crippen LogP contribution in [0.2, 0.25) is 0 Å². The number of halogens is 1. The van der Waals surface area contributed by atoms with Gasteiger partial charge in [-0.05, 0) is 54.7 Å². The lowest BCUT2D eigenvalue weighted by Gasteiger charge is -2.17. The van der Waals surface area contributed by atoms with E-state index in [0.29, 0.717) is 5.69 Å². The van der Waals surface area contributed by atoms with Crippen LogP contribution in [0.15, 0.2) is 36.4 Å². The van der Waals surface area contributed by atoms with Gasteiger partial charge in [0, 0.05) is 24.7 Å². The zero-order valence-electron chi connectivity index (χ0n) is 15.0. The van der Waals surface area contributed by atoms with Gasteiger partial charge < -0.3 is 10.2 Å². The first-order chi connectivity index (χ1) is 13.4. The third-order valence-corrected chi connectivity index (χ3v) is 5.30. The van der Waals surface area contributed by atoms with Gasteiger partial charge in [0.05, 0.1) is 16.5 Å². The van der Waals surface area contributed by atoms with Gasteiger partial charge in [-0.25, -0.2) is 0 Å². The lowest BCUT2D eigenvalue weighted by Crippen LogP contribution is -2.28. The molecule has 2 aromatic rings. The van der Waals surface area contributed by atoms with Gasteiger partial charge in [0.1, 0.15) is 0 Å². The van der Waals surface area contributed by atoms with Crippen LogP contribution in [0.25, 0.3) is 0 Å². The molecule has 7 nitrogen and oxygen atoms in total. The van der Waals surface area contributed by atoms with Gasteiger partial charge in [0.15, 0.2) is 0 Å². The summed E-state index contributed by atoms with van der Waals surface area (Å²) in [5.41, 5.74) is 2.76. The van der Waals surface area contributed by atoms with E-state index in [9.17, 15) is 24.1 Å². The molecule has 144 valence electrons. The molecule has 2 aliphatic rings. The van der Waals surface area contributed by atoms with Gasteiger partial charge in [-0.15, -0.1) is 0 Å². The molecular weight excluding hydrogens is 365 g/mol. The van der Waals surface area contributed by atoms with Crippen LogP contribution in [-0.4, -0.2) is 23.3 Å². The number of rotatable bonds is 4. The molecule has 2 amide bonds. The minimum absolute atomic E-state index is 0.00193. The van der Waals surface area contributed by atoms with Crippen molar-refractivity contribution in [3.8, 4) is 0 Å². The first-order valence-electron chi connectivity index (χ1n) is 9.09. The Labute approximate surface area is 160 Å². The van der Waals surface area contributed by atoms with Crippen LogP contribution in [0.5, 0.6) is 0 Å². The maximum absolute atomic E-state index is 13.5. The number of fused-ring (bicyclic) bond motifs is 1. The predicted molar refractivity (Wildman–Crippen MR) is 101 cm³/mol. The average molecular weight is 383 g/mol. The molecule has 1 aliphatic heterocycles. The zero-order valence-corrected chi connectivity index (χ0v) is 15.0. The SMILES string of the molecule is O=C(Nc1ccc2c(c1)CCC2)C1CC(=O)N(c2ccc(F)c([N+](=O)[O-])c2)C1. The maximum Gasteiger partial charge on any atom is 0.306 e. The van der Waals surface area contributed by atoms with Crippen molar-refractivity contribution in [2.75, 3.05) is 16.8 Å². The van der Waals surface area contributed by atoms with Crippen LogP contribution in [0, 0.1) is 21.8 Å². The van der Waals surface area contributed by atoms with E-state index in [0.717, 1.165) is 31.4 Å². The molecule has 1 heterocycles. The number of anilines is 2. The van der Waals surface area contributed by atoms with Crippen LogP contribution in [0.1, 0.15) is 24.0 Å². The van der Waals surface area contributed by atoms with Gasteiger partial charge in [-0.1, -0.05) is 6.07 Å². The van der Waals surface area contributed by atoms with Crippen molar-refractivity contribution in [1.82, 2.24) is 0 Å². The Morgan fingerprint density at radius 3 is 2.75 bits per heavy atom. The van der Waals surface area contributed by atoms with Crippen molar-refractivity contribution in [1.29, 1.82) is 0 Å². The second-order valence-electron chi connectivity index (χ2n) is 7.12. The highest BCUT2D eigenvalue weighted by atomic mass is 19.1. The summed E-state index contributed by atoms with van der Waals surface area (Å²) in [7, 11) is 0. The number of nitrogens with one attached hydrogen (secondary N) is 1. The number of benzene rings is 2. The number of hydrogen-bond donors (Lipinski definition) is 1. The number of carbonyl (C=O) groups is 2. The summed E-state index contributed by atoms with van der Waals surface area (Å²) in [6.45, 7) is 0.0956. The van der Waals surface area contributed by atoms with Crippen molar-refractivity contribution in [2.24, 2.45) is 5.92 Å². The van der Waals surface area contributed by atoms with E-state index in [1.54, 1.807) is 0 Å². The number of nitro groups is 1. The highest BCUT2D eigenvalue weighted by molar-refractivity contribution is 6.03. The molecule has 0 aromatic heterocycles. The molecule has 1 saturated heterocycles. The van der Waals surface area contributed by atoms with Crippen LogP contribution in [0.4, 0.5) is 21.5 Å². The van der Waals surface area contributed by atoms with Crippen molar-refractivity contribution >= 4 is 28.9 Å². The molecule has 1 aliphatic carbocycles. The Morgan fingerprint density at radius 2 is 1.96 bits per heavy atom. The van der Waals surface area contributed by atoms with Crippen molar-refractivity contribution in [3.05, 3.63) is 63.5 Å². The fourth-order valence-electron chi connectivity index (χ4n) is 3.84. The predicted octanol–water partition coefficient (Wildman–Crippen LogP) is 3.21. The number of aryl methyl sites for hydroxylation is 2. The average Bonchev–Trinajstić information content (AvgIpc) is 3.28. The molecule has 1 fully saturated rings. The Bertz CT molecular complexity index is 991. The summed E-state index contributed by atoms with van der Waals surface area (Å²) in [5, 5.41) is 13.8. The maximum atomic E-state index is 13.5. The number of nitro benzene ring substituents is 1. The molecule has 1 atom stereocenters. The number of amides is 2. The van der Waals surface area contributed by atoms with Crippen LogP contribution < -0.4 is 10.2 Å². The molecule has 2 aromatic carbocycles. The highest BCUT2D eigenvalue weighted by Gasteiger charge is 2.36. The second kappa shape index (κ2) is 7.03. The van der Waals surface area contributed by atoms with Gasteiger partial charge in [0.2, 0.25) is 17.6 Å². The number of nitrogens with zero attached hydrogens (tertiary/aromatic N) is 2. The Hall–Kier alpha value is -3.29. The normalized spacial score (nSPS) is 18.2. The zero-order chi connectivity index (χ0) is 19.8. The third kappa shape index (κ3) is 3.33. The van der Waals surface area contributed by atoms with Crippen LogP contribution in [-0.2, 0) is 22.4 Å². The van der Waals surface area contributed by atoms with E-state index < -0.39 is 22.3 Å². The monoisotopic (exact) mass is 383 g/mol.